The highest BCUT2D eigenvalue weighted by Crippen LogP contribution is 2.36. The minimum Gasteiger partial charge on any atom is -0.399 e. The highest BCUT2D eigenvalue weighted by molar-refractivity contribution is 9.10. The van der Waals surface area contributed by atoms with Crippen LogP contribution in [0.2, 0.25) is 0 Å². The first-order chi connectivity index (χ1) is 8.08. The molecule has 0 aliphatic heterocycles. The highest BCUT2D eigenvalue weighted by Gasteiger charge is 2.13. The van der Waals surface area contributed by atoms with E-state index in [1.54, 1.807) is 12.1 Å². The third kappa shape index (κ3) is 2.79. The van der Waals surface area contributed by atoms with Gasteiger partial charge in [0.05, 0.1) is 4.90 Å². The molecule has 0 fully saturated rings. The van der Waals surface area contributed by atoms with Gasteiger partial charge in [0.25, 0.3) is 0 Å². The Balaban J connectivity index is 2.40. The van der Waals surface area contributed by atoms with Gasteiger partial charge in [-0.2, -0.15) is 0 Å². The highest BCUT2D eigenvalue weighted by atomic mass is 79.9. The Morgan fingerprint density at radius 2 is 1.65 bits per heavy atom. The fourth-order valence-electron chi connectivity index (χ4n) is 1.31. The second-order valence-electron chi connectivity index (χ2n) is 3.35. The summed E-state index contributed by atoms with van der Waals surface area (Å²) >= 11 is 4.35. The topological polar surface area (TPSA) is 26.0 Å². The van der Waals surface area contributed by atoms with E-state index in [-0.39, 0.29) is 10.6 Å². The molecule has 0 saturated heterocycles. The molecule has 0 aliphatic rings. The summed E-state index contributed by atoms with van der Waals surface area (Å²) in [6, 6.07) is 9.47. The summed E-state index contributed by atoms with van der Waals surface area (Å²) in [7, 11) is 0. The molecule has 88 valence electrons. The number of nitrogen functional groups attached to an aromatic ring is 1. The minimum absolute atomic E-state index is 0.0499. The summed E-state index contributed by atoms with van der Waals surface area (Å²) in [6.45, 7) is 0. The van der Waals surface area contributed by atoms with Crippen molar-refractivity contribution in [3.8, 4) is 0 Å². The summed E-state index contributed by atoms with van der Waals surface area (Å²) < 4.78 is 27.9. The van der Waals surface area contributed by atoms with Gasteiger partial charge in [-0.25, -0.2) is 8.78 Å². The summed E-state index contributed by atoms with van der Waals surface area (Å²) in [5.74, 6) is -1.30. The van der Waals surface area contributed by atoms with Crippen molar-refractivity contribution in [2.75, 3.05) is 5.73 Å². The van der Waals surface area contributed by atoms with Crippen LogP contribution in [0.25, 0.3) is 0 Å². The Morgan fingerprint density at radius 1 is 1.06 bits per heavy atom. The SMILES string of the molecule is Nc1cc(F)c(Sc2ccccc2Br)c(F)c1. The summed E-state index contributed by atoms with van der Waals surface area (Å²) in [5.41, 5.74) is 5.43. The lowest BCUT2D eigenvalue weighted by Crippen LogP contribution is -1.93. The van der Waals surface area contributed by atoms with E-state index in [4.69, 9.17) is 5.73 Å². The predicted molar refractivity (Wildman–Crippen MR) is 69.0 cm³/mol. The molecular weight excluding hydrogens is 308 g/mol. The van der Waals surface area contributed by atoms with Crippen LogP contribution in [0, 0.1) is 11.6 Å². The van der Waals surface area contributed by atoms with Crippen LogP contribution >= 0.6 is 27.7 Å². The van der Waals surface area contributed by atoms with Gasteiger partial charge >= 0.3 is 0 Å². The molecular formula is C12H8BrF2NS. The molecule has 17 heavy (non-hydrogen) atoms. The van der Waals surface area contributed by atoms with Crippen LogP contribution in [0.1, 0.15) is 0 Å². The van der Waals surface area contributed by atoms with Crippen molar-refractivity contribution in [3.63, 3.8) is 0 Å². The third-order valence-electron chi connectivity index (χ3n) is 2.07. The van der Waals surface area contributed by atoms with E-state index in [2.05, 4.69) is 15.9 Å². The molecule has 2 aromatic carbocycles. The van der Waals surface area contributed by atoms with Gasteiger partial charge in [0.15, 0.2) is 0 Å². The van der Waals surface area contributed by atoms with E-state index in [1.165, 1.54) is 0 Å². The smallest absolute Gasteiger partial charge is 0.142 e. The molecule has 0 atom stereocenters. The average Bonchev–Trinajstić information content (AvgIpc) is 2.25. The van der Waals surface area contributed by atoms with E-state index < -0.39 is 11.6 Å². The number of hydrogen-bond donors (Lipinski definition) is 1. The maximum Gasteiger partial charge on any atom is 0.142 e. The van der Waals surface area contributed by atoms with Gasteiger partial charge in [-0.05, 0) is 40.2 Å². The van der Waals surface area contributed by atoms with Crippen molar-refractivity contribution >= 4 is 33.4 Å². The lowest BCUT2D eigenvalue weighted by molar-refractivity contribution is 0.542. The van der Waals surface area contributed by atoms with Crippen LogP contribution in [0.3, 0.4) is 0 Å². The molecule has 2 N–H and O–H groups in total. The Labute approximate surface area is 110 Å². The monoisotopic (exact) mass is 315 g/mol. The zero-order valence-electron chi connectivity index (χ0n) is 8.58. The first-order valence-electron chi connectivity index (χ1n) is 4.75. The quantitative estimate of drug-likeness (QED) is 0.828. The van der Waals surface area contributed by atoms with Gasteiger partial charge in [-0.1, -0.05) is 23.9 Å². The van der Waals surface area contributed by atoms with Crippen molar-refractivity contribution in [3.05, 3.63) is 52.5 Å². The molecule has 0 aromatic heterocycles. The second kappa shape index (κ2) is 5.06. The average molecular weight is 316 g/mol. The molecule has 0 saturated carbocycles. The summed E-state index contributed by atoms with van der Waals surface area (Å²) in [4.78, 5) is 0.696. The van der Waals surface area contributed by atoms with E-state index in [0.717, 1.165) is 33.3 Å². The van der Waals surface area contributed by atoms with E-state index in [0.29, 0.717) is 0 Å². The first kappa shape index (κ1) is 12.4. The number of halogens is 3. The zero-order valence-corrected chi connectivity index (χ0v) is 11.0. The van der Waals surface area contributed by atoms with Crippen molar-refractivity contribution in [1.82, 2.24) is 0 Å². The predicted octanol–water partition coefficient (Wildman–Crippen LogP) is 4.46. The second-order valence-corrected chi connectivity index (χ2v) is 5.25. The van der Waals surface area contributed by atoms with Gasteiger partial charge < -0.3 is 5.73 Å². The molecule has 0 heterocycles. The van der Waals surface area contributed by atoms with Gasteiger partial charge in [0, 0.05) is 15.1 Å². The van der Waals surface area contributed by atoms with Crippen LogP contribution in [-0.4, -0.2) is 0 Å². The number of anilines is 1. The number of hydrogen-bond acceptors (Lipinski definition) is 2. The molecule has 2 rings (SSSR count). The van der Waals surface area contributed by atoms with Crippen molar-refractivity contribution in [2.45, 2.75) is 9.79 Å². The van der Waals surface area contributed by atoms with Gasteiger partial charge in [0.2, 0.25) is 0 Å². The van der Waals surface area contributed by atoms with Crippen molar-refractivity contribution in [1.29, 1.82) is 0 Å². The normalized spacial score (nSPS) is 10.5. The van der Waals surface area contributed by atoms with E-state index in [1.807, 2.05) is 12.1 Å². The first-order valence-corrected chi connectivity index (χ1v) is 6.36. The van der Waals surface area contributed by atoms with Crippen molar-refractivity contribution < 1.29 is 8.78 Å². The Bertz CT molecular complexity index is 537. The lowest BCUT2D eigenvalue weighted by atomic mass is 10.3. The number of rotatable bonds is 2. The van der Waals surface area contributed by atoms with Gasteiger partial charge in [-0.3, -0.25) is 0 Å². The molecule has 5 heteroatoms. The maximum absolute atomic E-state index is 13.6. The van der Waals surface area contributed by atoms with Crippen LogP contribution in [0.15, 0.2) is 50.7 Å². The molecule has 0 amide bonds. The van der Waals surface area contributed by atoms with Crippen LogP contribution in [0.5, 0.6) is 0 Å². The molecule has 0 bridgehead atoms. The van der Waals surface area contributed by atoms with Crippen LogP contribution in [0.4, 0.5) is 14.5 Å². The molecule has 0 aliphatic carbocycles. The molecule has 0 radical (unpaired) electrons. The molecule has 0 unspecified atom stereocenters. The van der Waals surface area contributed by atoms with Gasteiger partial charge in [0.1, 0.15) is 11.6 Å². The van der Waals surface area contributed by atoms with E-state index in [9.17, 15) is 8.78 Å². The summed E-state index contributed by atoms with van der Waals surface area (Å²) in [6.07, 6.45) is 0. The lowest BCUT2D eigenvalue weighted by Gasteiger charge is -2.07. The standard InChI is InChI=1S/C12H8BrF2NS/c13-8-3-1-2-4-11(8)17-12-9(14)5-7(16)6-10(12)15/h1-6H,16H2. The van der Waals surface area contributed by atoms with Crippen LogP contribution in [-0.2, 0) is 0 Å². The number of benzene rings is 2. The Morgan fingerprint density at radius 3 is 2.24 bits per heavy atom. The molecule has 2 aromatic rings. The fraction of sp³-hybridized carbons (Fsp3) is 0. The van der Waals surface area contributed by atoms with E-state index >= 15 is 0 Å². The van der Waals surface area contributed by atoms with Gasteiger partial charge in [-0.15, -0.1) is 0 Å². The number of nitrogens with two attached hydrogens (primary N) is 1. The minimum atomic E-state index is -0.650. The summed E-state index contributed by atoms with van der Waals surface area (Å²) in [5, 5.41) is 0. The molecule has 1 nitrogen and oxygen atoms in total. The van der Waals surface area contributed by atoms with Crippen LogP contribution < -0.4 is 5.73 Å². The Kier molecular flexibility index (Phi) is 3.69. The maximum atomic E-state index is 13.6. The largest absolute Gasteiger partial charge is 0.399 e. The van der Waals surface area contributed by atoms with Crippen molar-refractivity contribution in [2.24, 2.45) is 0 Å². The fourth-order valence-corrected chi connectivity index (χ4v) is 2.69. The Hall–Kier alpha value is -1.07. The third-order valence-corrected chi connectivity index (χ3v) is 4.19. The molecule has 0 spiro atoms. The zero-order chi connectivity index (χ0) is 12.4.